The molecule has 1 aromatic rings. The Kier molecular flexibility index (Phi) is 3.41. The van der Waals surface area contributed by atoms with Crippen LogP contribution in [0.5, 0.6) is 0 Å². The van der Waals surface area contributed by atoms with Gasteiger partial charge in [0.05, 0.1) is 11.7 Å². The van der Waals surface area contributed by atoms with Gasteiger partial charge in [-0.05, 0) is 30.9 Å². The summed E-state index contributed by atoms with van der Waals surface area (Å²) in [5, 5.41) is 12.4. The first-order chi connectivity index (χ1) is 7.68. The molecule has 4 nitrogen and oxygen atoms in total. The van der Waals surface area contributed by atoms with Crippen LogP contribution in [0.15, 0.2) is 18.3 Å². The normalized spacial score (nSPS) is 16.9. The van der Waals surface area contributed by atoms with E-state index in [4.69, 9.17) is 11.6 Å². The molecule has 1 aromatic heterocycles. The van der Waals surface area contributed by atoms with Crippen molar-refractivity contribution in [3.8, 4) is 0 Å². The van der Waals surface area contributed by atoms with Crippen LogP contribution >= 0.6 is 11.6 Å². The first-order valence-electron chi connectivity index (χ1n) is 5.25. The van der Waals surface area contributed by atoms with Gasteiger partial charge in [0.2, 0.25) is 0 Å². The fourth-order valence-corrected chi connectivity index (χ4v) is 1.70. The van der Waals surface area contributed by atoms with Crippen molar-refractivity contribution in [1.82, 2.24) is 10.3 Å². The molecule has 2 N–H and O–H groups in total. The molecule has 1 aliphatic carbocycles. The van der Waals surface area contributed by atoms with Crippen LogP contribution in [0.2, 0.25) is 5.15 Å². The molecule has 2 rings (SSSR count). The Morgan fingerprint density at radius 2 is 2.44 bits per heavy atom. The summed E-state index contributed by atoms with van der Waals surface area (Å²) in [6, 6.07) is 3.26. The van der Waals surface area contributed by atoms with E-state index in [0.29, 0.717) is 11.5 Å². The maximum atomic E-state index is 11.7. The standard InChI is InChI=1S/C11H13ClN2O2/c12-10-8(2-1-5-13-10)11(16)14-6-9(15)7-3-4-7/h1-2,5,7,9,15H,3-4,6H2,(H,14,16). The van der Waals surface area contributed by atoms with E-state index < -0.39 is 6.10 Å². The van der Waals surface area contributed by atoms with Gasteiger partial charge >= 0.3 is 0 Å². The van der Waals surface area contributed by atoms with Crippen LogP contribution in [0, 0.1) is 5.92 Å². The molecule has 0 spiro atoms. The first kappa shape index (κ1) is 11.4. The molecular weight excluding hydrogens is 228 g/mol. The molecule has 1 heterocycles. The minimum absolute atomic E-state index is 0.181. The van der Waals surface area contributed by atoms with Gasteiger partial charge in [-0.15, -0.1) is 0 Å². The lowest BCUT2D eigenvalue weighted by Crippen LogP contribution is -2.33. The van der Waals surface area contributed by atoms with Crippen molar-refractivity contribution in [3.05, 3.63) is 29.0 Å². The lowest BCUT2D eigenvalue weighted by atomic mass is 10.2. The summed E-state index contributed by atoms with van der Waals surface area (Å²) in [7, 11) is 0. The number of carbonyl (C=O) groups is 1. The molecule has 1 saturated carbocycles. The Morgan fingerprint density at radius 1 is 1.69 bits per heavy atom. The number of amides is 1. The molecule has 86 valence electrons. The number of rotatable bonds is 4. The number of hydrogen-bond donors (Lipinski definition) is 2. The van der Waals surface area contributed by atoms with Crippen LogP contribution in [0.3, 0.4) is 0 Å². The Morgan fingerprint density at radius 3 is 3.06 bits per heavy atom. The average Bonchev–Trinajstić information content (AvgIpc) is 3.10. The molecule has 1 fully saturated rings. The Labute approximate surface area is 98.6 Å². The van der Waals surface area contributed by atoms with Gasteiger partial charge in [-0.2, -0.15) is 0 Å². The van der Waals surface area contributed by atoms with Crippen molar-refractivity contribution < 1.29 is 9.90 Å². The fraction of sp³-hybridized carbons (Fsp3) is 0.455. The highest BCUT2D eigenvalue weighted by molar-refractivity contribution is 6.32. The number of nitrogens with zero attached hydrogens (tertiary/aromatic N) is 1. The van der Waals surface area contributed by atoms with Crippen molar-refractivity contribution in [3.63, 3.8) is 0 Å². The average molecular weight is 241 g/mol. The predicted molar refractivity (Wildman–Crippen MR) is 60.3 cm³/mol. The van der Waals surface area contributed by atoms with Gasteiger partial charge in [0.1, 0.15) is 5.15 Å². The molecule has 0 bridgehead atoms. The monoisotopic (exact) mass is 240 g/mol. The summed E-state index contributed by atoms with van der Waals surface area (Å²) < 4.78 is 0. The molecule has 0 aromatic carbocycles. The minimum Gasteiger partial charge on any atom is -0.391 e. The van der Waals surface area contributed by atoms with Gasteiger partial charge in [-0.25, -0.2) is 4.98 Å². The van der Waals surface area contributed by atoms with Gasteiger partial charge in [-0.1, -0.05) is 11.6 Å². The lowest BCUT2D eigenvalue weighted by molar-refractivity contribution is 0.0901. The maximum absolute atomic E-state index is 11.7. The fourth-order valence-electron chi connectivity index (χ4n) is 1.50. The number of nitrogens with one attached hydrogen (secondary N) is 1. The van der Waals surface area contributed by atoms with Crippen molar-refractivity contribution in [2.75, 3.05) is 6.54 Å². The van der Waals surface area contributed by atoms with Gasteiger partial charge in [-0.3, -0.25) is 4.79 Å². The second-order valence-corrected chi connectivity index (χ2v) is 4.31. The predicted octanol–water partition coefficient (Wildman–Crippen LogP) is 1.24. The van der Waals surface area contributed by atoms with E-state index in [0.717, 1.165) is 12.8 Å². The number of halogens is 1. The Balaban J connectivity index is 1.90. The van der Waals surface area contributed by atoms with E-state index in [1.165, 1.54) is 6.20 Å². The van der Waals surface area contributed by atoms with E-state index in [9.17, 15) is 9.90 Å². The number of carbonyl (C=O) groups excluding carboxylic acids is 1. The number of pyridine rings is 1. The SMILES string of the molecule is O=C(NCC(O)C1CC1)c1cccnc1Cl. The summed E-state index contributed by atoms with van der Waals surface area (Å²) in [6.45, 7) is 0.273. The highest BCUT2D eigenvalue weighted by Crippen LogP contribution is 2.32. The first-order valence-corrected chi connectivity index (χ1v) is 5.63. The molecule has 1 atom stereocenters. The van der Waals surface area contributed by atoms with Crippen molar-refractivity contribution in [2.45, 2.75) is 18.9 Å². The molecule has 5 heteroatoms. The molecule has 0 saturated heterocycles. The molecule has 16 heavy (non-hydrogen) atoms. The van der Waals surface area contributed by atoms with Crippen LogP contribution in [0.4, 0.5) is 0 Å². The topological polar surface area (TPSA) is 62.2 Å². The Bertz CT molecular complexity index is 393. The van der Waals surface area contributed by atoms with Crippen LogP contribution in [-0.2, 0) is 0 Å². The number of aliphatic hydroxyl groups excluding tert-OH is 1. The van der Waals surface area contributed by atoms with Crippen LogP contribution < -0.4 is 5.32 Å². The number of aliphatic hydroxyl groups is 1. The summed E-state index contributed by atoms with van der Waals surface area (Å²) in [6.07, 6.45) is 3.17. The van der Waals surface area contributed by atoms with E-state index >= 15 is 0 Å². The van der Waals surface area contributed by atoms with E-state index in [-0.39, 0.29) is 17.6 Å². The summed E-state index contributed by atoms with van der Waals surface area (Å²) in [5.41, 5.74) is 0.340. The second kappa shape index (κ2) is 4.80. The van der Waals surface area contributed by atoms with Crippen LogP contribution in [-0.4, -0.2) is 28.6 Å². The van der Waals surface area contributed by atoms with Crippen LogP contribution in [0.25, 0.3) is 0 Å². The number of hydrogen-bond acceptors (Lipinski definition) is 3. The maximum Gasteiger partial charge on any atom is 0.254 e. The molecule has 0 aliphatic heterocycles. The van der Waals surface area contributed by atoms with E-state index in [2.05, 4.69) is 10.3 Å². The van der Waals surface area contributed by atoms with Gasteiger partial charge < -0.3 is 10.4 Å². The summed E-state index contributed by atoms with van der Waals surface area (Å²) >= 11 is 5.77. The van der Waals surface area contributed by atoms with Gasteiger partial charge in [0, 0.05) is 12.7 Å². The van der Waals surface area contributed by atoms with E-state index in [1.54, 1.807) is 12.1 Å². The molecular formula is C11H13ClN2O2. The molecule has 1 amide bonds. The molecule has 1 aliphatic rings. The molecule has 0 radical (unpaired) electrons. The number of aromatic nitrogens is 1. The van der Waals surface area contributed by atoms with Gasteiger partial charge in [0.25, 0.3) is 5.91 Å². The largest absolute Gasteiger partial charge is 0.391 e. The quantitative estimate of drug-likeness (QED) is 0.779. The Hall–Kier alpha value is -1.13. The van der Waals surface area contributed by atoms with Crippen molar-refractivity contribution in [2.24, 2.45) is 5.92 Å². The summed E-state index contributed by atoms with van der Waals surface area (Å²) in [4.78, 5) is 15.5. The smallest absolute Gasteiger partial charge is 0.254 e. The van der Waals surface area contributed by atoms with Crippen LogP contribution in [0.1, 0.15) is 23.2 Å². The highest BCUT2D eigenvalue weighted by atomic mass is 35.5. The zero-order valence-electron chi connectivity index (χ0n) is 8.69. The van der Waals surface area contributed by atoms with Crippen molar-refractivity contribution in [1.29, 1.82) is 0 Å². The lowest BCUT2D eigenvalue weighted by Gasteiger charge is -2.10. The minimum atomic E-state index is -0.445. The highest BCUT2D eigenvalue weighted by Gasteiger charge is 2.29. The van der Waals surface area contributed by atoms with Gasteiger partial charge in [0.15, 0.2) is 0 Å². The van der Waals surface area contributed by atoms with Crippen molar-refractivity contribution >= 4 is 17.5 Å². The zero-order chi connectivity index (χ0) is 11.5. The zero-order valence-corrected chi connectivity index (χ0v) is 9.44. The third kappa shape index (κ3) is 2.71. The third-order valence-corrected chi connectivity index (χ3v) is 2.94. The second-order valence-electron chi connectivity index (χ2n) is 3.96. The van der Waals surface area contributed by atoms with E-state index in [1.807, 2.05) is 0 Å². The third-order valence-electron chi connectivity index (χ3n) is 2.64. The summed E-state index contributed by atoms with van der Waals surface area (Å²) in [5.74, 6) is 0.0578. The molecule has 1 unspecified atom stereocenters.